The van der Waals surface area contributed by atoms with Crippen LogP contribution in [0, 0.1) is 0 Å². The quantitative estimate of drug-likeness (QED) is 0.446. The molecule has 0 spiro atoms. The van der Waals surface area contributed by atoms with E-state index in [-0.39, 0.29) is 28.0 Å². The first kappa shape index (κ1) is 23.4. The minimum Gasteiger partial charge on any atom is -0.504 e. The SMILES string of the molecule is COc1cc(O)c(O)cc1C(=O)Nc1nc(C(=O)NCCN(C(C)C)C(C)C)cs1. The number of aromatic nitrogens is 1. The Morgan fingerprint density at radius 1 is 1.13 bits per heavy atom. The third-order valence-corrected chi connectivity index (χ3v) is 5.24. The van der Waals surface area contributed by atoms with Gasteiger partial charge in [0.05, 0.1) is 12.7 Å². The number of phenolic OH excluding ortho intramolecular Hbond substituents is 2. The van der Waals surface area contributed by atoms with Crippen LogP contribution < -0.4 is 15.4 Å². The van der Waals surface area contributed by atoms with Gasteiger partial charge in [0.1, 0.15) is 11.4 Å². The molecule has 1 heterocycles. The van der Waals surface area contributed by atoms with Crippen molar-refractivity contribution >= 4 is 28.3 Å². The zero-order valence-corrected chi connectivity index (χ0v) is 18.5. The Morgan fingerprint density at radius 3 is 2.37 bits per heavy atom. The smallest absolute Gasteiger partial charge is 0.270 e. The van der Waals surface area contributed by atoms with Gasteiger partial charge in [0.15, 0.2) is 16.6 Å². The molecule has 2 amide bonds. The predicted octanol–water partition coefficient (Wildman–Crippen LogP) is 2.66. The van der Waals surface area contributed by atoms with Crippen LogP contribution in [0.4, 0.5) is 5.13 Å². The van der Waals surface area contributed by atoms with E-state index in [9.17, 15) is 19.8 Å². The highest BCUT2D eigenvalue weighted by Gasteiger charge is 2.19. The molecule has 2 aromatic rings. The molecule has 0 atom stereocenters. The molecule has 0 aliphatic rings. The molecule has 0 fully saturated rings. The maximum atomic E-state index is 12.5. The van der Waals surface area contributed by atoms with Crippen LogP contribution in [0.15, 0.2) is 17.5 Å². The predicted molar refractivity (Wildman–Crippen MR) is 116 cm³/mol. The number of carbonyl (C=O) groups is 2. The average molecular weight is 437 g/mol. The van der Waals surface area contributed by atoms with Gasteiger partial charge in [0.25, 0.3) is 11.8 Å². The first-order valence-electron chi connectivity index (χ1n) is 9.54. The van der Waals surface area contributed by atoms with E-state index in [2.05, 4.69) is 48.2 Å². The van der Waals surface area contributed by atoms with E-state index in [1.165, 1.54) is 7.11 Å². The number of ether oxygens (including phenoxy) is 1. The van der Waals surface area contributed by atoms with Gasteiger partial charge in [0, 0.05) is 42.7 Å². The molecule has 0 saturated carbocycles. The molecule has 1 aromatic heterocycles. The summed E-state index contributed by atoms with van der Waals surface area (Å²) in [7, 11) is 1.34. The standard InChI is InChI=1S/C20H28N4O5S/c1-11(2)24(12(3)4)7-6-21-19(28)14-10-30-20(22-14)23-18(27)13-8-15(25)16(26)9-17(13)29-5/h8-12,25-26H,6-7H2,1-5H3,(H,21,28)(H,22,23,27). The number of phenols is 2. The second-order valence-corrected chi connectivity index (χ2v) is 8.07. The topological polar surface area (TPSA) is 124 Å². The number of amides is 2. The fourth-order valence-corrected chi connectivity index (χ4v) is 3.69. The molecule has 0 aliphatic carbocycles. The Balaban J connectivity index is 1.99. The highest BCUT2D eigenvalue weighted by atomic mass is 32.1. The van der Waals surface area contributed by atoms with E-state index in [1.807, 2.05) is 0 Å². The van der Waals surface area contributed by atoms with Crippen LogP contribution in [0.25, 0.3) is 0 Å². The molecule has 2 rings (SSSR count). The number of carbonyl (C=O) groups excluding carboxylic acids is 2. The molecule has 30 heavy (non-hydrogen) atoms. The zero-order valence-electron chi connectivity index (χ0n) is 17.7. The number of methoxy groups -OCH3 is 1. The molecule has 9 nitrogen and oxygen atoms in total. The van der Waals surface area contributed by atoms with Crippen molar-refractivity contribution < 1.29 is 24.5 Å². The Kier molecular flexibility index (Phi) is 8.01. The number of thiazole rings is 1. The van der Waals surface area contributed by atoms with Gasteiger partial charge in [-0.15, -0.1) is 11.3 Å². The van der Waals surface area contributed by atoms with Gasteiger partial charge in [-0.05, 0) is 27.7 Å². The number of aromatic hydroxyl groups is 2. The molecule has 164 valence electrons. The van der Waals surface area contributed by atoms with Gasteiger partial charge < -0.3 is 20.3 Å². The molecular formula is C20H28N4O5S. The lowest BCUT2D eigenvalue weighted by Gasteiger charge is -2.30. The zero-order chi connectivity index (χ0) is 22.4. The Labute approximate surface area is 179 Å². The minimum atomic E-state index is -0.590. The average Bonchev–Trinajstić information content (AvgIpc) is 3.14. The van der Waals surface area contributed by atoms with Gasteiger partial charge in [-0.2, -0.15) is 0 Å². The highest BCUT2D eigenvalue weighted by molar-refractivity contribution is 7.14. The summed E-state index contributed by atoms with van der Waals surface area (Å²) in [6, 6.07) is 2.99. The van der Waals surface area contributed by atoms with E-state index in [0.717, 1.165) is 30.0 Å². The summed E-state index contributed by atoms with van der Waals surface area (Å²) in [6.45, 7) is 9.65. The summed E-state index contributed by atoms with van der Waals surface area (Å²) in [4.78, 5) is 31.2. The van der Waals surface area contributed by atoms with Crippen molar-refractivity contribution in [3.8, 4) is 17.2 Å². The minimum absolute atomic E-state index is 0.0245. The fourth-order valence-electron chi connectivity index (χ4n) is 3.01. The Bertz CT molecular complexity index is 889. The lowest BCUT2D eigenvalue weighted by Crippen LogP contribution is -2.42. The maximum absolute atomic E-state index is 12.5. The lowest BCUT2D eigenvalue weighted by molar-refractivity contribution is 0.0934. The number of anilines is 1. The number of hydrogen-bond acceptors (Lipinski definition) is 8. The van der Waals surface area contributed by atoms with Gasteiger partial charge in [-0.1, -0.05) is 0 Å². The lowest BCUT2D eigenvalue weighted by atomic mass is 10.1. The summed E-state index contributed by atoms with van der Waals surface area (Å²) in [5.74, 6) is -1.66. The number of rotatable bonds is 9. The van der Waals surface area contributed by atoms with Crippen LogP contribution in [0.1, 0.15) is 48.5 Å². The van der Waals surface area contributed by atoms with E-state index in [4.69, 9.17) is 4.74 Å². The second-order valence-electron chi connectivity index (χ2n) is 7.21. The third-order valence-electron chi connectivity index (χ3n) is 4.48. The molecule has 10 heteroatoms. The Morgan fingerprint density at radius 2 is 1.77 bits per heavy atom. The van der Waals surface area contributed by atoms with Crippen molar-refractivity contribution in [2.45, 2.75) is 39.8 Å². The summed E-state index contributed by atoms with van der Waals surface area (Å²) in [5, 5.41) is 26.4. The van der Waals surface area contributed by atoms with E-state index >= 15 is 0 Å². The summed E-state index contributed by atoms with van der Waals surface area (Å²) in [5.41, 5.74) is 0.230. The molecule has 0 saturated heterocycles. The van der Waals surface area contributed by atoms with Crippen molar-refractivity contribution in [1.29, 1.82) is 0 Å². The van der Waals surface area contributed by atoms with Crippen LogP contribution in [0.2, 0.25) is 0 Å². The third kappa shape index (κ3) is 5.83. The molecule has 4 N–H and O–H groups in total. The van der Waals surface area contributed by atoms with Crippen molar-refractivity contribution in [3.05, 3.63) is 28.8 Å². The van der Waals surface area contributed by atoms with Gasteiger partial charge in [0.2, 0.25) is 0 Å². The van der Waals surface area contributed by atoms with Crippen LogP contribution in [-0.4, -0.2) is 64.2 Å². The van der Waals surface area contributed by atoms with E-state index < -0.39 is 17.4 Å². The number of benzene rings is 1. The molecule has 0 unspecified atom stereocenters. The van der Waals surface area contributed by atoms with Crippen LogP contribution in [0.3, 0.4) is 0 Å². The van der Waals surface area contributed by atoms with Crippen molar-refractivity contribution in [2.24, 2.45) is 0 Å². The fraction of sp³-hybridized carbons (Fsp3) is 0.450. The van der Waals surface area contributed by atoms with E-state index in [1.54, 1.807) is 5.38 Å². The number of nitrogens with one attached hydrogen (secondary N) is 2. The maximum Gasteiger partial charge on any atom is 0.270 e. The summed E-state index contributed by atoms with van der Waals surface area (Å²) >= 11 is 1.10. The molecule has 1 aromatic carbocycles. The molecule has 0 aliphatic heterocycles. The van der Waals surface area contributed by atoms with Gasteiger partial charge in [-0.3, -0.25) is 19.8 Å². The van der Waals surface area contributed by atoms with Crippen molar-refractivity contribution in [3.63, 3.8) is 0 Å². The molecular weight excluding hydrogens is 408 g/mol. The molecule has 0 bridgehead atoms. The first-order chi connectivity index (χ1) is 14.1. The number of hydrogen-bond donors (Lipinski definition) is 4. The second kappa shape index (κ2) is 10.3. The van der Waals surface area contributed by atoms with Gasteiger partial charge in [-0.25, -0.2) is 4.98 Å². The summed E-state index contributed by atoms with van der Waals surface area (Å²) in [6.07, 6.45) is 0. The molecule has 0 radical (unpaired) electrons. The van der Waals surface area contributed by atoms with Crippen LogP contribution in [0.5, 0.6) is 17.2 Å². The van der Waals surface area contributed by atoms with Gasteiger partial charge >= 0.3 is 0 Å². The van der Waals surface area contributed by atoms with E-state index in [0.29, 0.717) is 18.6 Å². The normalized spacial score (nSPS) is 11.2. The highest BCUT2D eigenvalue weighted by Crippen LogP contribution is 2.33. The Hall–Kier alpha value is -2.85. The van der Waals surface area contributed by atoms with Crippen LogP contribution in [-0.2, 0) is 0 Å². The van der Waals surface area contributed by atoms with Crippen LogP contribution >= 0.6 is 11.3 Å². The largest absolute Gasteiger partial charge is 0.504 e. The van der Waals surface area contributed by atoms with Crippen molar-refractivity contribution in [1.82, 2.24) is 15.2 Å². The summed E-state index contributed by atoms with van der Waals surface area (Å²) < 4.78 is 5.06. The monoisotopic (exact) mass is 436 g/mol. The van der Waals surface area contributed by atoms with Crippen molar-refractivity contribution in [2.75, 3.05) is 25.5 Å². The first-order valence-corrected chi connectivity index (χ1v) is 10.4. The number of nitrogens with zero attached hydrogens (tertiary/aromatic N) is 2.